The van der Waals surface area contributed by atoms with E-state index < -0.39 is 11.3 Å². The summed E-state index contributed by atoms with van der Waals surface area (Å²) < 4.78 is 0. The van der Waals surface area contributed by atoms with Gasteiger partial charge in [0, 0.05) is 40.0 Å². The van der Waals surface area contributed by atoms with Gasteiger partial charge in [0.15, 0.2) is 0 Å². The fraction of sp³-hybridized carbons (Fsp3) is 0.200. The summed E-state index contributed by atoms with van der Waals surface area (Å²) in [7, 11) is 0. The molecule has 0 aliphatic carbocycles. The summed E-state index contributed by atoms with van der Waals surface area (Å²) in [5.74, 6) is -1.41. The Morgan fingerprint density at radius 2 is 1.58 bits per heavy atom. The van der Waals surface area contributed by atoms with E-state index in [1.165, 1.54) is 0 Å². The third-order valence-electron chi connectivity index (χ3n) is 6.49. The van der Waals surface area contributed by atoms with Crippen molar-refractivity contribution >= 4 is 40.7 Å². The van der Waals surface area contributed by atoms with Crippen molar-refractivity contribution in [2.45, 2.75) is 23.7 Å². The van der Waals surface area contributed by atoms with Gasteiger partial charge in [0.25, 0.3) is 0 Å². The molecule has 0 aromatic heterocycles. The maximum atomic E-state index is 13.5. The molecule has 0 radical (unpaired) electrons. The Hall–Kier alpha value is -2.82. The van der Waals surface area contributed by atoms with Crippen LogP contribution in [0.1, 0.15) is 34.9 Å². The number of fused-ring (bicyclic) bond motifs is 2. The quantitative estimate of drug-likeness (QED) is 0.522. The summed E-state index contributed by atoms with van der Waals surface area (Å²) in [5, 5.41) is 7.32. The van der Waals surface area contributed by atoms with E-state index in [1.54, 1.807) is 0 Å². The molecule has 0 unspecified atom stereocenters. The number of halogens is 2. The number of carbonyl (C=O) groups excluding carboxylic acids is 2. The lowest BCUT2D eigenvalue weighted by atomic mass is 9.59. The van der Waals surface area contributed by atoms with Gasteiger partial charge in [-0.15, -0.1) is 0 Å². The Morgan fingerprint density at radius 1 is 0.839 bits per heavy atom. The van der Waals surface area contributed by atoms with Gasteiger partial charge >= 0.3 is 0 Å². The molecule has 156 valence electrons. The zero-order valence-corrected chi connectivity index (χ0v) is 18.1. The predicted octanol–water partition coefficient (Wildman–Crippen LogP) is 5.27. The number of carbonyl (C=O) groups is 2. The van der Waals surface area contributed by atoms with Crippen LogP contribution in [-0.4, -0.2) is 18.4 Å². The highest BCUT2D eigenvalue weighted by atomic mass is 35.5. The molecule has 31 heavy (non-hydrogen) atoms. The molecule has 3 aromatic rings. The van der Waals surface area contributed by atoms with Gasteiger partial charge in [-0.25, -0.2) is 0 Å². The van der Waals surface area contributed by atoms with Crippen molar-refractivity contribution in [1.82, 2.24) is 5.32 Å². The molecule has 3 aromatic carbocycles. The standard InChI is InChI=1S/C25H20Cl2N2O2/c26-17-8-4-7-16(11-17)20-13-22(30)29-24(31)23(15-5-2-1-3-6-15)25(20)14-28-21-12-18(27)9-10-19(21)25/h1-12,20,23,28H,13-14H2,(H,29,30,31)/t20-,23-,25+/m0/s1. The minimum Gasteiger partial charge on any atom is -0.384 e. The molecule has 1 saturated heterocycles. The van der Waals surface area contributed by atoms with Crippen LogP contribution in [0.3, 0.4) is 0 Å². The molecule has 1 fully saturated rings. The van der Waals surface area contributed by atoms with Crippen molar-refractivity contribution in [3.05, 3.63) is 99.5 Å². The number of amides is 2. The molecule has 0 saturated carbocycles. The van der Waals surface area contributed by atoms with Crippen LogP contribution in [0.25, 0.3) is 0 Å². The number of nitrogens with one attached hydrogen (secondary N) is 2. The largest absolute Gasteiger partial charge is 0.384 e. The number of benzene rings is 3. The molecular formula is C25H20Cl2N2O2. The van der Waals surface area contributed by atoms with Crippen molar-refractivity contribution in [2.75, 3.05) is 11.9 Å². The Morgan fingerprint density at radius 3 is 2.35 bits per heavy atom. The Labute approximate surface area is 190 Å². The third kappa shape index (κ3) is 3.31. The second kappa shape index (κ2) is 7.70. The van der Waals surface area contributed by atoms with Crippen molar-refractivity contribution in [1.29, 1.82) is 0 Å². The number of anilines is 1. The minimum absolute atomic E-state index is 0.180. The number of hydrogen-bond donors (Lipinski definition) is 2. The lowest BCUT2D eigenvalue weighted by Crippen LogP contribution is -2.45. The first-order chi connectivity index (χ1) is 15.0. The van der Waals surface area contributed by atoms with E-state index in [2.05, 4.69) is 10.6 Å². The van der Waals surface area contributed by atoms with Gasteiger partial charge < -0.3 is 5.32 Å². The van der Waals surface area contributed by atoms with Crippen molar-refractivity contribution in [3.8, 4) is 0 Å². The average Bonchev–Trinajstić information content (AvgIpc) is 3.06. The van der Waals surface area contributed by atoms with Crippen LogP contribution in [0.2, 0.25) is 10.0 Å². The lowest BCUT2D eigenvalue weighted by Gasteiger charge is -2.41. The first-order valence-corrected chi connectivity index (χ1v) is 10.9. The van der Waals surface area contributed by atoms with Gasteiger partial charge in [0.2, 0.25) is 11.8 Å². The molecular weight excluding hydrogens is 431 g/mol. The van der Waals surface area contributed by atoms with Crippen LogP contribution in [-0.2, 0) is 15.0 Å². The fourth-order valence-electron chi connectivity index (χ4n) is 5.27. The van der Waals surface area contributed by atoms with Gasteiger partial charge in [-0.2, -0.15) is 0 Å². The highest BCUT2D eigenvalue weighted by Gasteiger charge is 2.56. The summed E-state index contributed by atoms with van der Waals surface area (Å²) >= 11 is 12.6. The van der Waals surface area contributed by atoms with E-state index in [-0.39, 0.29) is 24.2 Å². The summed E-state index contributed by atoms with van der Waals surface area (Å²) in [6.07, 6.45) is 0.180. The highest BCUT2D eigenvalue weighted by molar-refractivity contribution is 6.31. The zero-order valence-electron chi connectivity index (χ0n) is 16.6. The highest BCUT2D eigenvalue weighted by Crippen LogP contribution is 2.57. The molecule has 2 heterocycles. The molecule has 4 nitrogen and oxygen atoms in total. The Kier molecular flexibility index (Phi) is 4.99. The number of hydrogen-bond acceptors (Lipinski definition) is 3. The molecule has 2 N–H and O–H groups in total. The van der Waals surface area contributed by atoms with E-state index in [1.807, 2.05) is 72.8 Å². The molecule has 6 heteroatoms. The third-order valence-corrected chi connectivity index (χ3v) is 6.96. The molecule has 5 rings (SSSR count). The van der Waals surface area contributed by atoms with Crippen molar-refractivity contribution < 1.29 is 9.59 Å². The zero-order chi connectivity index (χ0) is 21.6. The van der Waals surface area contributed by atoms with Crippen LogP contribution in [0.15, 0.2) is 72.8 Å². The van der Waals surface area contributed by atoms with Gasteiger partial charge in [0.05, 0.1) is 5.92 Å². The Balaban J connectivity index is 1.82. The van der Waals surface area contributed by atoms with Crippen molar-refractivity contribution in [2.24, 2.45) is 0 Å². The molecule has 1 spiro atoms. The van der Waals surface area contributed by atoms with Crippen LogP contribution >= 0.6 is 23.2 Å². The molecule has 3 atom stereocenters. The summed E-state index contributed by atoms with van der Waals surface area (Å²) in [5.41, 5.74) is 2.99. The number of imide groups is 1. The normalized spacial score (nSPS) is 25.0. The van der Waals surface area contributed by atoms with E-state index in [4.69, 9.17) is 23.2 Å². The second-order valence-corrected chi connectivity index (χ2v) is 9.02. The second-order valence-electron chi connectivity index (χ2n) is 8.15. The Bertz CT molecular complexity index is 1180. The van der Waals surface area contributed by atoms with E-state index >= 15 is 0 Å². The monoisotopic (exact) mass is 450 g/mol. The molecule has 2 aliphatic rings. The van der Waals surface area contributed by atoms with Gasteiger partial charge in [-0.05, 0) is 41.0 Å². The van der Waals surface area contributed by atoms with Gasteiger partial charge in [0.1, 0.15) is 0 Å². The summed E-state index contributed by atoms with van der Waals surface area (Å²) in [6, 6.07) is 22.9. The first-order valence-electron chi connectivity index (χ1n) is 10.2. The maximum absolute atomic E-state index is 13.5. The topological polar surface area (TPSA) is 58.2 Å². The van der Waals surface area contributed by atoms with Crippen LogP contribution in [0.4, 0.5) is 5.69 Å². The maximum Gasteiger partial charge on any atom is 0.235 e. The van der Waals surface area contributed by atoms with Crippen LogP contribution in [0, 0.1) is 0 Å². The average molecular weight is 451 g/mol. The first kappa shape index (κ1) is 20.1. The smallest absolute Gasteiger partial charge is 0.235 e. The van der Waals surface area contributed by atoms with Crippen LogP contribution in [0.5, 0.6) is 0 Å². The van der Waals surface area contributed by atoms with Gasteiger partial charge in [-0.3, -0.25) is 14.9 Å². The summed E-state index contributed by atoms with van der Waals surface area (Å²) in [4.78, 5) is 26.3. The molecule has 2 amide bonds. The molecule has 2 aliphatic heterocycles. The van der Waals surface area contributed by atoms with E-state index in [0.717, 1.165) is 22.4 Å². The van der Waals surface area contributed by atoms with E-state index in [0.29, 0.717) is 16.6 Å². The van der Waals surface area contributed by atoms with Crippen LogP contribution < -0.4 is 10.6 Å². The van der Waals surface area contributed by atoms with E-state index in [9.17, 15) is 9.59 Å². The van der Waals surface area contributed by atoms with Gasteiger partial charge in [-0.1, -0.05) is 71.7 Å². The minimum atomic E-state index is -0.692. The predicted molar refractivity (Wildman–Crippen MR) is 123 cm³/mol. The fourth-order valence-corrected chi connectivity index (χ4v) is 5.64. The SMILES string of the molecule is O=C1C[C@@H](c2cccc(Cl)c2)[C@]2(CNc3cc(Cl)ccc32)[C@@H](c2ccccc2)C(=O)N1. The summed E-state index contributed by atoms with van der Waals surface area (Å²) in [6.45, 7) is 0.500. The molecule has 0 bridgehead atoms. The lowest BCUT2D eigenvalue weighted by molar-refractivity contribution is -0.130. The number of rotatable bonds is 2. The van der Waals surface area contributed by atoms with Crippen molar-refractivity contribution in [3.63, 3.8) is 0 Å².